The third kappa shape index (κ3) is 3.90. The molecule has 5 heteroatoms. The van der Waals surface area contributed by atoms with Crippen LogP contribution in [0.4, 0.5) is 17.2 Å². The zero-order valence-electron chi connectivity index (χ0n) is 16.3. The summed E-state index contributed by atoms with van der Waals surface area (Å²) in [5, 5.41) is 3.38. The summed E-state index contributed by atoms with van der Waals surface area (Å²) in [5.41, 5.74) is 5.84. The van der Waals surface area contributed by atoms with Gasteiger partial charge >= 0.3 is 0 Å². The van der Waals surface area contributed by atoms with E-state index in [-0.39, 0.29) is 0 Å². The summed E-state index contributed by atoms with van der Waals surface area (Å²) < 4.78 is 0. The van der Waals surface area contributed by atoms with Gasteiger partial charge in [0.2, 0.25) is 0 Å². The van der Waals surface area contributed by atoms with E-state index in [0.717, 1.165) is 46.9 Å². The van der Waals surface area contributed by atoms with Crippen molar-refractivity contribution < 1.29 is 0 Å². The third-order valence-corrected chi connectivity index (χ3v) is 5.36. The molecule has 0 unspecified atom stereocenters. The molecule has 29 heavy (non-hydrogen) atoms. The van der Waals surface area contributed by atoms with Crippen LogP contribution < -0.4 is 10.2 Å². The summed E-state index contributed by atoms with van der Waals surface area (Å²) in [6, 6.07) is 20.6. The molecule has 3 heterocycles. The van der Waals surface area contributed by atoms with Crippen LogP contribution in [0.25, 0.3) is 22.3 Å². The molecule has 4 aromatic rings. The van der Waals surface area contributed by atoms with Crippen LogP contribution in [-0.4, -0.2) is 28.0 Å². The van der Waals surface area contributed by atoms with E-state index in [0.29, 0.717) is 0 Å². The number of pyridine rings is 1. The van der Waals surface area contributed by atoms with Crippen LogP contribution in [0.5, 0.6) is 0 Å². The SMILES string of the molecule is c1ccc(-c2cnc3cc(Nc4ccc(N5CCCCC5)cc4)ncc3n2)cc1. The van der Waals surface area contributed by atoms with Gasteiger partial charge in [-0.15, -0.1) is 0 Å². The fraction of sp³-hybridized carbons (Fsp3) is 0.208. The molecule has 0 aliphatic carbocycles. The van der Waals surface area contributed by atoms with E-state index in [9.17, 15) is 0 Å². The Morgan fingerprint density at radius 1 is 0.759 bits per heavy atom. The molecule has 0 atom stereocenters. The molecule has 0 amide bonds. The second kappa shape index (κ2) is 7.87. The molecule has 5 rings (SSSR count). The summed E-state index contributed by atoms with van der Waals surface area (Å²) in [6.07, 6.45) is 7.51. The van der Waals surface area contributed by atoms with Crippen LogP contribution in [0.15, 0.2) is 73.1 Å². The topological polar surface area (TPSA) is 53.9 Å². The van der Waals surface area contributed by atoms with Crippen molar-refractivity contribution in [2.75, 3.05) is 23.3 Å². The van der Waals surface area contributed by atoms with Crippen LogP contribution in [0.1, 0.15) is 19.3 Å². The average Bonchev–Trinajstić information content (AvgIpc) is 2.80. The quantitative estimate of drug-likeness (QED) is 0.511. The Labute approximate surface area is 170 Å². The minimum Gasteiger partial charge on any atom is -0.372 e. The highest BCUT2D eigenvalue weighted by Gasteiger charge is 2.11. The monoisotopic (exact) mass is 381 g/mol. The Morgan fingerprint density at radius 2 is 1.55 bits per heavy atom. The number of anilines is 3. The third-order valence-electron chi connectivity index (χ3n) is 5.36. The van der Waals surface area contributed by atoms with E-state index < -0.39 is 0 Å². The van der Waals surface area contributed by atoms with Crippen LogP contribution in [0.3, 0.4) is 0 Å². The van der Waals surface area contributed by atoms with Crippen LogP contribution in [0, 0.1) is 0 Å². The first kappa shape index (κ1) is 17.6. The summed E-state index contributed by atoms with van der Waals surface area (Å²) in [6.45, 7) is 2.31. The second-order valence-corrected chi connectivity index (χ2v) is 7.40. The molecule has 2 aromatic heterocycles. The maximum absolute atomic E-state index is 4.70. The predicted octanol–water partition coefficient (Wildman–Crippen LogP) is 5.43. The summed E-state index contributed by atoms with van der Waals surface area (Å²) in [5.74, 6) is 0.769. The van der Waals surface area contributed by atoms with Gasteiger partial charge in [0, 0.05) is 36.1 Å². The average molecular weight is 381 g/mol. The Morgan fingerprint density at radius 3 is 2.34 bits per heavy atom. The number of nitrogens with zero attached hydrogens (tertiary/aromatic N) is 4. The summed E-state index contributed by atoms with van der Waals surface area (Å²) in [4.78, 5) is 16.3. The molecule has 0 radical (unpaired) electrons. The van der Waals surface area contributed by atoms with Gasteiger partial charge in [-0.25, -0.2) is 9.97 Å². The first-order chi connectivity index (χ1) is 14.3. The number of hydrogen-bond acceptors (Lipinski definition) is 5. The molecule has 1 saturated heterocycles. The van der Waals surface area contributed by atoms with E-state index in [1.165, 1.54) is 24.9 Å². The van der Waals surface area contributed by atoms with Gasteiger partial charge in [-0.2, -0.15) is 0 Å². The smallest absolute Gasteiger partial charge is 0.132 e. The number of hydrogen-bond donors (Lipinski definition) is 1. The van der Waals surface area contributed by atoms with Gasteiger partial charge < -0.3 is 10.2 Å². The molecule has 1 aliphatic heterocycles. The lowest BCUT2D eigenvalue weighted by Gasteiger charge is -2.28. The molecule has 5 nitrogen and oxygen atoms in total. The van der Waals surface area contributed by atoms with Crippen molar-refractivity contribution in [2.24, 2.45) is 0 Å². The number of fused-ring (bicyclic) bond motifs is 1. The molecule has 0 spiro atoms. The lowest BCUT2D eigenvalue weighted by molar-refractivity contribution is 0.578. The molecule has 0 bridgehead atoms. The normalized spacial score (nSPS) is 14.1. The fourth-order valence-electron chi connectivity index (χ4n) is 3.79. The van der Waals surface area contributed by atoms with E-state index >= 15 is 0 Å². The van der Waals surface area contributed by atoms with Gasteiger partial charge in [0.15, 0.2) is 0 Å². The maximum Gasteiger partial charge on any atom is 0.132 e. The maximum atomic E-state index is 4.70. The number of benzene rings is 2. The highest BCUT2D eigenvalue weighted by molar-refractivity contribution is 5.79. The zero-order valence-corrected chi connectivity index (χ0v) is 16.3. The molecular formula is C24H23N5. The number of piperidine rings is 1. The molecule has 1 fully saturated rings. The van der Waals surface area contributed by atoms with Crippen LogP contribution >= 0.6 is 0 Å². The predicted molar refractivity (Wildman–Crippen MR) is 119 cm³/mol. The van der Waals surface area contributed by atoms with Crippen LogP contribution in [-0.2, 0) is 0 Å². The molecule has 2 aromatic carbocycles. The molecule has 1 aliphatic rings. The van der Waals surface area contributed by atoms with Crippen molar-refractivity contribution in [3.63, 3.8) is 0 Å². The highest BCUT2D eigenvalue weighted by Crippen LogP contribution is 2.24. The Hall–Kier alpha value is -3.47. The number of rotatable bonds is 4. The Kier molecular flexibility index (Phi) is 4.78. The second-order valence-electron chi connectivity index (χ2n) is 7.40. The van der Waals surface area contributed by atoms with Crippen LogP contribution in [0.2, 0.25) is 0 Å². The van der Waals surface area contributed by atoms with Gasteiger partial charge in [0.25, 0.3) is 0 Å². The fourth-order valence-corrected chi connectivity index (χ4v) is 3.79. The van der Waals surface area contributed by atoms with Crippen molar-refractivity contribution >= 4 is 28.2 Å². The van der Waals surface area contributed by atoms with E-state index in [1.807, 2.05) is 42.6 Å². The highest BCUT2D eigenvalue weighted by atomic mass is 15.1. The van der Waals surface area contributed by atoms with E-state index in [1.54, 1.807) is 6.20 Å². The van der Waals surface area contributed by atoms with E-state index in [4.69, 9.17) is 4.98 Å². The number of nitrogens with one attached hydrogen (secondary N) is 1. The summed E-state index contributed by atoms with van der Waals surface area (Å²) >= 11 is 0. The van der Waals surface area contributed by atoms with Gasteiger partial charge in [-0.05, 0) is 43.5 Å². The standard InChI is InChI=1S/C24H23N5/c1-3-7-18(8-4-1)22-16-25-21-15-24(26-17-23(21)28-22)27-19-9-11-20(12-10-19)29-13-5-2-6-14-29/h1,3-4,7-12,15-17H,2,5-6,13-14H2,(H,26,27). The minimum absolute atomic E-state index is 0.769. The van der Waals surface area contributed by atoms with Gasteiger partial charge in [-0.1, -0.05) is 30.3 Å². The first-order valence-corrected chi connectivity index (χ1v) is 10.2. The summed E-state index contributed by atoms with van der Waals surface area (Å²) in [7, 11) is 0. The minimum atomic E-state index is 0.769. The van der Waals surface area contributed by atoms with Crippen molar-refractivity contribution in [1.29, 1.82) is 0 Å². The Balaban J connectivity index is 1.34. The Bertz CT molecular complexity index is 1100. The largest absolute Gasteiger partial charge is 0.372 e. The van der Waals surface area contributed by atoms with Gasteiger partial charge in [0.1, 0.15) is 11.3 Å². The van der Waals surface area contributed by atoms with Crippen molar-refractivity contribution in [3.8, 4) is 11.3 Å². The lowest BCUT2D eigenvalue weighted by Crippen LogP contribution is -2.29. The zero-order chi connectivity index (χ0) is 19.5. The van der Waals surface area contributed by atoms with Gasteiger partial charge in [-0.3, -0.25) is 4.98 Å². The first-order valence-electron chi connectivity index (χ1n) is 10.2. The molecule has 1 N–H and O–H groups in total. The van der Waals surface area contributed by atoms with Crippen molar-refractivity contribution in [2.45, 2.75) is 19.3 Å². The molecular weight excluding hydrogens is 358 g/mol. The van der Waals surface area contributed by atoms with Crippen molar-refractivity contribution in [1.82, 2.24) is 15.0 Å². The molecule has 144 valence electrons. The van der Waals surface area contributed by atoms with E-state index in [2.05, 4.69) is 44.5 Å². The van der Waals surface area contributed by atoms with Crippen molar-refractivity contribution in [3.05, 3.63) is 73.1 Å². The molecule has 0 saturated carbocycles. The lowest BCUT2D eigenvalue weighted by atomic mass is 10.1. The number of aromatic nitrogens is 3. The van der Waals surface area contributed by atoms with Gasteiger partial charge in [0.05, 0.1) is 23.6 Å².